The molecule has 1 amide bonds. The number of rotatable bonds is 6. The first-order valence-corrected chi connectivity index (χ1v) is 12.3. The highest BCUT2D eigenvalue weighted by Gasteiger charge is 2.32. The van der Waals surface area contributed by atoms with E-state index in [1.165, 1.54) is 24.6 Å². The van der Waals surface area contributed by atoms with Crippen LogP contribution in [0.25, 0.3) is 6.08 Å². The Morgan fingerprint density at radius 3 is 2.32 bits per heavy atom. The van der Waals surface area contributed by atoms with Crippen LogP contribution in [0.3, 0.4) is 0 Å². The van der Waals surface area contributed by atoms with Crippen LogP contribution in [0.1, 0.15) is 69.1 Å². The van der Waals surface area contributed by atoms with Crippen LogP contribution >= 0.6 is 24.0 Å². The fourth-order valence-electron chi connectivity index (χ4n) is 4.25. The highest BCUT2D eigenvalue weighted by Crippen LogP contribution is 2.36. The van der Waals surface area contributed by atoms with Crippen molar-refractivity contribution in [1.29, 1.82) is 5.26 Å². The Bertz CT molecular complexity index is 998. The fourth-order valence-corrected chi connectivity index (χ4v) is 5.54. The van der Waals surface area contributed by atoms with E-state index in [2.05, 4.69) is 11.0 Å². The molecule has 0 aromatic carbocycles. The van der Waals surface area contributed by atoms with Crippen molar-refractivity contribution in [2.24, 2.45) is 0 Å². The van der Waals surface area contributed by atoms with Crippen molar-refractivity contribution >= 4 is 46.1 Å². The number of hydrogen-bond acceptors (Lipinski definition) is 6. The number of carbonyl (C=O) groups is 1. The van der Waals surface area contributed by atoms with E-state index in [0.717, 1.165) is 50.2 Å². The minimum Gasteiger partial charge on any atom is -0.357 e. The number of nitrogens with zero attached hydrogens (tertiary/aromatic N) is 4. The van der Waals surface area contributed by atoms with Crippen LogP contribution < -0.4 is 10.5 Å². The lowest BCUT2D eigenvalue weighted by atomic mass is 10.0. The topological polar surface area (TPSA) is 69.3 Å². The Labute approximate surface area is 193 Å². The Morgan fingerprint density at radius 1 is 1.10 bits per heavy atom. The Hall–Kier alpha value is -2.11. The zero-order valence-corrected chi connectivity index (χ0v) is 20.2. The van der Waals surface area contributed by atoms with Gasteiger partial charge in [0, 0.05) is 31.7 Å². The molecule has 3 rings (SSSR count). The van der Waals surface area contributed by atoms with Gasteiger partial charge < -0.3 is 4.90 Å². The summed E-state index contributed by atoms with van der Waals surface area (Å²) < 4.78 is 2.31. The fraction of sp³-hybridized carbons (Fsp3) is 0.565. The lowest BCUT2D eigenvalue weighted by molar-refractivity contribution is -0.122. The molecule has 31 heavy (non-hydrogen) atoms. The normalized spacial score (nSPS) is 18.6. The molecule has 0 bridgehead atoms. The van der Waals surface area contributed by atoms with Crippen molar-refractivity contribution in [3.63, 3.8) is 0 Å². The van der Waals surface area contributed by atoms with Crippen LogP contribution in [-0.2, 0) is 11.3 Å². The van der Waals surface area contributed by atoms with Gasteiger partial charge in [0.1, 0.15) is 21.8 Å². The van der Waals surface area contributed by atoms with Gasteiger partial charge >= 0.3 is 0 Å². The molecule has 0 atom stereocenters. The van der Waals surface area contributed by atoms with Crippen LogP contribution in [0, 0.1) is 18.3 Å². The van der Waals surface area contributed by atoms with Crippen molar-refractivity contribution in [3.05, 3.63) is 31.9 Å². The Kier molecular flexibility index (Phi) is 7.95. The van der Waals surface area contributed by atoms with Gasteiger partial charge in [-0.3, -0.25) is 19.1 Å². The van der Waals surface area contributed by atoms with Gasteiger partial charge in [-0.1, -0.05) is 50.7 Å². The molecule has 0 N–H and O–H groups in total. The number of thiocarbonyl (C=S) groups is 1. The van der Waals surface area contributed by atoms with E-state index < -0.39 is 0 Å². The molecule has 0 radical (unpaired) electrons. The third-order valence-corrected chi connectivity index (χ3v) is 7.17. The second-order valence-corrected chi connectivity index (χ2v) is 9.72. The summed E-state index contributed by atoms with van der Waals surface area (Å²) >= 11 is 6.73. The lowest BCUT2D eigenvalue weighted by Crippen LogP contribution is -2.35. The third kappa shape index (κ3) is 4.73. The molecule has 0 spiro atoms. The molecule has 2 aliphatic heterocycles. The second kappa shape index (κ2) is 10.5. The summed E-state index contributed by atoms with van der Waals surface area (Å²) in [5.41, 5.74) is 1.35. The molecule has 1 aromatic rings. The highest BCUT2D eigenvalue weighted by molar-refractivity contribution is 8.26. The first kappa shape index (κ1) is 23.6. The van der Waals surface area contributed by atoms with Crippen LogP contribution in [0.5, 0.6) is 0 Å². The lowest BCUT2D eigenvalue weighted by Gasteiger charge is -2.29. The quantitative estimate of drug-likeness (QED) is 0.464. The van der Waals surface area contributed by atoms with E-state index in [9.17, 15) is 14.9 Å². The molecule has 0 aliphatic carbocycles. The average Bonchev–Trinajstić information content (AvgIpc) is 2.94. The van der Waals surface area contributed by atoms with E-state index in [4.69, 9.17) is 12.2 Å². The average molecular weight is 459 g/mol. The van der Waals surface area contributed by atoms with Gasteiger partial charge in [0.2, 0.25) is 0 Å². The summed E-state index contributed by atoms with van der Waals surface area (Å²) in [7, 11) is 0. The van der Waals surface area contributed by atoms with Crippen LogP contribution in [0.4, 0.5) is 5.82 Å². The number of carbonyl (C=O) groups excluding carboxylic acids is 1. The number of hydrogen-bond donors (Lipinski definition) is 0. The number of aromatic nitrogens is 1. The molecule has 3 heterocycles. The number of amides is 1. The molecule has 0 saturated carbocycles. The van der Waals surface area contributed by atoms with Gasteiger partial charge in [-0.15, -0.1) is 0 Å². The molecule has 0 unspecified atom stereocenters. The first-order valence-electron chi connectivity index (χ1n) is 11.1. The minimum atomic E-state index is -0.239. The first-order chi connectivity index (χ1) is 14.9. The van der Waals surface area contributed by atoms with E-state index in [1.54, 1.807) is 9.47 Å². The van der Waals surface area contributed by atoms with Gasteiger partial charge in [0.15, 0.2) is 0 Å². The van der Waals surface area contributed by atoms with Crippen molar-refractivity contribution in [2.75, 3.05) is 24.5 Å². The van der Waals surface area contributed by atoms with Gasteiger partial charge in [0.25, 0.3) is 11.5 Å². The van der Waals surface area contributed by atoms with Gasteiger partial charge in [-0.05, 0) is 44.2 Å². The second-order valence-electron chi connectivity index (χ2n) is 8.04. The van der Waals surface area contributed by atoms with Crippen LogP contribution in [0.15, 0.2) is 9.70 Å². The zero-order chi connectivity index (χ0) is 22.5. The molecular weight excluding hydrogens is 428 g/mol. The van der Waals surface area contributed by atoms with E-state index in [-0.39, 0.29) is 17.0 Å². The van der Waals surface area contributed by atoms with E-state index >= 15 is 0 Å². The smallest absolute Gasteiger partial charge is 0.270 e. The Morgan fingerprint density at radius 2 is 1.74 bits per heavy atom. The standard InChI is InChI=1S/C23H30N4O2S2/c1-4-10-26-20(25-12-8-6-7-9-13-25)17(16(3)18(15-24)21(26)28)14-19-22(29)27(11-5-2)23(30)31-19/h14H,4-13H2,1-3H3/b19-14+. The van der Waals surface area contributed by atoms with E-state index in [1.807, 2.05) is 26.8 Å². The molecule has 2 aliphatic rings. The SMILES string of the molecule is CCCN1C(=O)/C(=C\c2c(C)c(C#N)c(=O)n(CCC)c2N2CCCCCC2)SC1=S. The van der Waals surface area contributed by atoms with Crippen molar-refractivity contribution in [3.8, 4) is 6.07 Å². The van der Waals surface area contributed by atoms with Crippen LogP contribution in [-0.4, -0.2) is 39.3 Å². The predicted octanol–water partition coefficient (Wildman–Crippen LogP) is 4.43. The summed E-state index contributed by atoms with van der Waals surface area (Å²) in [5.74, 6) is 0.746. The molecule has 2 saturated heterocycles. The number of pyridine rings is 1. The number of anilines is 1. The molecule has 6 nitrogen and oxygen atoms in total. The maximum Gasteiger partial charge on any atom is 0.270 e. The molecule has 166 valence electrons. The molecule has 2 fully saturated rings. The largest absolute Gasteiger partial charge is 0.357 e. The van der Waals surface area contributed by atoms with Crippen molar-refractivity contribution in [1.82, 2.24) is 9.47 Å². The summed E-state index contributed by atoms with van der Waals surface area (Å²) in [6, 6.07) is 2.11. The monoisotopic (exact) mass is 458 g/mol. The van der Waals surface area contributed by atoms with Gasteiger partial charge in [-0.2, -0.15) is 5.26 Å². The third-order valence-electron chi connectivity index (χ3n) is 5.80. The number of nitriles is 1. The van der Waals surface area contributed by atoms with Crippen LogP contribution in [0.2, 0.25) is 0 Å². The van der Waals surface area contributed by atoms with E-state index in [0.29, 0.717) is 27.9 Å². The summed E-state index contributed by atoms with van der Waals surface area (Å²) in [6.45, 7) is 8.73. The zero-order valence-electron chi connectivity index (χ0n) is 18.6. The summed E-state index contributed by atoms with van der Waals surface area (Å²) in [5, 5.41) is 9.73. The summed E-state index contributed by atoms with van der Waals surface area (Å²) in [4.78, 5) is 30.7. The van der Waals surface area contributed by atoms with Crippen molar-refractivity contribution in [2.45, 2.75) is 65.8 Å². The Balaban J connectivity index is 2.24. The maximum absolute atomic E-state index is 13.2. The predicted molar refractivity (Wildman–Crippen MR) is 131 cm³/mol. The molecular formula is C23H30N4O2S2. The maximum atomic E-state index is 13.2. The van der Waals surface area contributed by atoms with Gasteiger partial charge in [-0.25, -0.2) is 0 Å². The molecule has 1 aromatic heterocycles. The minimum absolute atomic E-state index is 0.0928. The van der Waals surface area contributed by atoms with Gasteiger partial charge in [0.05, 0.1) is 4.91 Å². The molecule has 8 heteroatoms. The number of thioether (sulfide) groups is 1. The summed E-state index contributed by atoms with van der Waals surface area (Å²) in [6.07, 6.45) is 7.96. The highest BCUT2D eigenvalue weighted by atomic mass is 32.2. The van der Waals surface area contributed by atoms with Crippen molar-refractivity contribution < 1.29 is 4.79 Å².